The first-order valence-corrected chi connectivity index (χ1v) is 8.83. The van der Waals surface area contributed by atoms with Gasteiger partial charge < -0.3 is 14.5 Å². The van der Waals surface area contributed by atoms with E-state index < -0.39 is 0 Å². The average molecular weight is 338 g/mol. The summed E-state index contributed by atoms with van der Waals surface area (Å²) in [6, 6.07) is 12.1. The van der Waals surface area contributed by atoms with Gasteiger partial charge in [-0.05, 0) is 36.1 Å². The van der Waals surface area contributed by atoms with Crippen molar-refractivity contribution in [3.63, 3.8) is 0 Å². The molecule has 5 nitrogen and oxygen atoms in total. The molecule has 0 atom stereocenters. The van der Waals surface area contributed by atoms with Crippen LogP contribution in [0, 0.1) is 0 Å². The van der Waals surface area contributed by atoms with Crippen LogP contribution in [0.15, 0.2) is 48.1 Å². The van der Waals surface area contributed by atoms with Crippen LogP contribution in [-0.2, 0) is 13.6 Å². The number of hydrogen-bond donors (Lipinski definition) is 1. The lowest BCUT2D eigenvalue weighted by Gasteiger charge is -2.07. The Bertz CT molecular complexity index is 1010. The van der Waals surface area contributed by atoms with Crippen molar-refractivity contribution in [2.75, 3.05) is 6.54 Å². The SMILES string of the molecule is Cn1c(C(=O)NCCCn2cnc3ccccc32)cc2sccc21. The number of para-hydroxylation sites is 2. The Labute approximate surface area is 143 Å². The molecule has 0 bridgehead atoms. The number of aromatic nitrogens is 3. The number of fused-ring (bicyclic) bond motifs is 2. The van der Waals surface area contributed by atoms with Crippen LogP contribution < -0.4 is 5.32 Å². The Morgan fingerprint density at radius 1 is 1.25 bits per heavy atom. The summed E-state index contributed by atoms with van der Waals surface area (Å²) in [6.07, 6.45) is 2.72. The Morgan fingerprint density at radius 3 is 3.00 bits per heavy atom. The Kier molecular flexibility index (Phi) is 3.82. The van der Waals surface area contributed by atoms with Crippen LogP contribution in [0.25, 0.3) is 21.3 Å². The van der Waals surface area contributed by atoms with Crippen LogP contribution in [0.1, 0.15) is 16.9 Å². The second kappa shape index (κ2) is 6.13. The topological polar surface area (TPSA) is 51.9 Å². The number of rotatable bonds is 5. The van der Waals surface area contributed by atoms with Crippen LogP contribution in [0.4, 0.5) is 0 Å². The molecule has 0 spiro atoms. The van der Waals surface area contributed by atoms with E-state index >= 15 is 0 Å². The Morgan fingerprint density at radius 2 is 2.12 bits per heavy atom. The largest absolute Gasteiger partial charge is 0.351 e. The predicted molar refractivity (Wildman–Crippen MR) is 97.5 cm³/mol. The van der Waals surface area contributed by atoms with Crippen molar-refractivity contribution in [2.45, 2.75) is 13.0 Å². The lowest BCUT2D eigenvalue weighted by atomic mass is 10.3. The van der Waals surface area contributed by atoms with E-state index in [9.17, 15) is 4.79 Å². The van der Waals surface area contributed by atoms with Gasteiger partial charge in [0.15, 0.2) is 0 Å². The number of imidazole rings is 1. The summed E-state index contributed by atoms with van der Waals surface area (Å²) in [5.41, 5.74) is 3.96. The van der Waals surface area contributed by atoms with E-state index in [1.807, 2.05) is 53.7 Å². The summed E-state index contributed by atoms with van der Waals surface area (Å²) in [5.74, 6) is -0.0172. The van der Waals surface area contributed by atoms with Crippen LogP contribution in [0.2, 0.25) is 0 Å². The van der Waals surface area contributed by atoms with Gasteiger partial charge in [-0.15, -0.1) is 11.3 Å². The fourth-order valence-electron chi connectivity index (χ4n) is 3.00. The lowest BCUT2D eigenvalue weighted by Crippen LogP contribution is -2.26. The second-order valence-corrected chi connectivity index (χ2v) is 6.74. The molecule has 1 aromatic carbocycles. The summed E-state index contributed by atoms with van der Waals surface area (Å²) in [7, 11) is 1.93. The molecule has 6 heteroatoms. The highest BCUT2D eigenvalue weighted by molar-refractivity contribution is 7.17. The molecule has 122 valence electrons. The maximum Gasteiger partial charge on any atom is 0.267 e. The first-order valence-electron chi connectivity index (χ1n) is 7.95. The highest BCUT2D eigenvalue weighted by atomic mass is 32.1. The predicted octanol–water partition coefficient (Wildman–Crippen LogP) is 3.41. The third-order valence-corrected chi connectivity index (χ3v) is 5.14. The highest BCUT2D eigenvalue weighted by Gasteiger charge is 2.13. The lowest BCUT2D eigenvalue weighted by molar-refractivity contribution is 0.0945. The van der Waals surface area contributed by atoms with Crippen molar-refractivity contribution in [3.8, 4) is 0 Å². The molecule has 24 heavy (non-hydrogen) atoms. The number of nitrogens with zero attached hydrogens (tertiary/aromatic N) is 3. The molecular weight excluding hydrogens is 320 g/mol. The minimum atomic E-state index is -0.0172. The average Bonchev–Trinajstić information content (AvgIpc) is 3.28. The molecule has 1 N–H and O–H groups in total. The van der Waals surface area contributed by atoms with Gasteiger partial charge in [-0.1, -0.05) is 12.1 Å². The van der Waals surface area contributed by atoms with Gasteiger partial charge in [0.05, 0.1) is 27.6 Å². The zero-order valence-electron chi connectivity index (χ0n) is 13.4. The number of carbonyl (C=O) groups excluding carboxylic acids is 1. The molecule has 0 saturated heterocycles. The third kappa shape index (κ3) is 2.59. The molecule has 4 rings (SSSR count). The molecule has 0 fully saturated rings. The molecule has 4 aromatic rings. The Balaban J connectivity index is 1.36. The minimum absolute atomic E-state index is 0.0172. The molecule has 1 amide bonds. The van der Waals surface area contributed by atoms with Gasteiger partial charge in [-0.3, -0.25) is 4.79 Å². The standard InChI is InChI=1S/C18H18N4OS/c1-21-15-7-10-24-17(15)11-16(21)18(23)19-8-4-9-22-12-20-13-5-2-3-6-14(13)22/h2-3,5-7,10-12H,4,8-9H2,1H3,(H,19,23). The number of nitrogens with one attached hydrogen (secondary N) is 1. The van der Waals surface area contributed by atoms with E-state index in [-0.39, 0.29) is 5.91 Å². The molecule has 3 heterocycles. The van der Waals surface area contributed by atoms with E-state index in [0.717, 1.165) is 34.2 Å². The number of aryl methyl sites for hydroxylation is 2. The van der Waals surface area contributed by atoms with Gasteiger partial charge in [-0.2, -0.15) is 0 Å². The van der Waals surface area contributed by atoms with Crippen LogP contribution in [0.3, 0.4) is 0 Å². The zero-order valence-corrected chi connectivity index (χ0v) is 14.2. The quantitative estimate of drug-likeness (QED) is 0.567. The zero-order chi connectivity index (χ0) is 16.5. The molecule has 0 aliphatic carbocycles. The van der Waals surface area contributed by atoms with Crippen LogP contribution in [0.5, 0.6) is 0 Å². The summed E-state index contributed by atoms with van der Waals surface area (Å²) >= 11 is 1.66. The first kappa shape index (κ1) is 15.0. The van der Waals surface area contributed by atoms with E-state index in [2.05, 4.69) is 20.9 Å². The van der Waals surface area contributed by atoms with Crippen molar-refractivity contribution in [2.24, 2.45) is 7.05 Å². The van der Waals surface area contributed by atoms with Crippen molar-refractivity contribution in [1.82, 2.24) is 19.4 Å². The maximum absolute atomic E-state index is 12.4. The van der Waals surface area contributed by atoms with E-state index in [0.29, 0.717) is 12.2 Å². The Hall–Kier alpha value is -2.60. The number of benzene rings is 1. The molecule has 3 aromatic heterocycles. The summed E-state index contributed by atoms with van der Waals surface area (Å²) < 4.78 is 5.22. The highest BCUT2D eigenvalue weighted by Crippen LogP contribution is 2.24. The van der Waals surface area contributed by atoms with Gasteiger partial charge in [-0.25, -0.2) is 4.98 Å². The molecule has 0 radical (unpaired) electrons. The number of carbonyl (C=O) groups is 1. The molecule has 0 aliphatic rings. The van der Waals surface area contributed by atoms with Gasteiger partial charge in [0.25, 0.3) is 5.91 Å². The monoisotopic (exact) mass is 338 g/mol. The fraction of sp³-hybridized carbons (Fsp3) is 0.222. The van der Waals surface area contributed by atoms with E-state index in [1.54, 1.807) is 11.3 Å². The summed E-state index contributed by atoms with van der Waals surface area (Å²) in [5, 5.41) is 5.06. The maximum atomic E-state index is 12.4. The summed E-state index contributed by atoms with van der Waals surface area (Å²) in [4.78, 5) is 16.7. The smallest absolute Gasteiger partial charge is 0.267 e. The second-order valence-electron chi connectivity index (χ2n) is 5.79. The summed E-state index contributed by atoms with van der Waals surface area (Å²) in [6.45, 7) is 1.48. The van der Waals surface area contributed by atoms with Gasteiger partial charge in [0, 0.05) is 20.1 Å². The van der Waals surface area contributed by atoms with Gasteiger partial charge in [0.1, 0.15) is 5.69 Å². The molecule has 0 aliphatic heterocycles. The number of thiophene rings is 1. The number of amides is 1. The van der Waals surface area contributed by atoms with Crippen molar-refractivity contribution in [1.29, 1.82) is 0 Å². The first-order chi connectivity index (χ1) is 11.7. The number of hydrogen-bond acceptors (Lipinski definition) is 3. The van der Waals surface area contributed by atoms with Gasteiger partial charge in [0.2, 0.25) is 0 Å². The molecule has 0 saturated carbocycles. The van der Waals surface area contributed by atoms with E-state index in [1.165, 1.54) is 0 Å². The van der Waals surface area contributed by atoms with Crippen molar-refractivity contribution >= 4 is 38.5 Å². The normalized spacial score (nSPS) is 11.4. The van der Waals surface area contributed by atoms with Crippen molar-refractivity contribution < 1.29 is 4.79 Å². The molecular formula is C18H18N4OS. The molecule has 0 unspecified atom stereocenters. The van der Waals surface area contributed by atoms with Crippen LogP contribution in [-0.4, -0.2) is 26.6 Å². The van der Waals surface area contributed by atoms with Gasteiger partial charge >= 0.3 is 0 Å². The van der Waals surface area contributed by atoms with Crippen molar-refractivity contribution in [3.05, 3.63) is 53.8 Å². The minimum Gasteiger partial charge on any atom is -0.351 e. The van der Waals surface area contributed by atoms with E-state index in [4.69, 9.17) is 0 Å². The fourth-order valence-corrected chi connectivity index (χ4v) is 3.85. The third-order valence-electron chi connectivity index (χ3n) is 4.29. The van der Waals surface area contributed by atoms with Crippen LogP contribution >= 0.6 is 11.3 Å².